The first kappa shape index (κ1) is 12.6. The summed E-state index contributed by atoms with van der Waals surface area (Å²) < 4.78 is 5.51. The van der Waals surface area contributed by atoms with E-state index >= 15 is 0 Å². The van der Waals surface area contributed by atoms with Gasteiger partial charge in [-0.1, -0.05) is 6.92 Å². The third-order valence-electron chi connectivity index (χ3n) is 2.41. The number of hydrogen-bond donors (Lipinski definition) is 1. The van der Waals surface area contributed by atoms with E-state index in [1.165, 1.54) is 11.1 Å². The number of aromatic nitrogens is 1. The van der Waals surface area contributed by atoms with Crippen molar-refractivity contribution < 1.29 is 14.6 Å². The molecule has 0 radical (unpaired) electrons. The number of carboxylic acid groups (broad SMARTS) is 1. The van der Waals surface area contributed by atoms with Crippen LogP contribution in [0.4, 0.5) is 0 Å². The zero-order valence-electron chi connectivity index (χ0n) is 9.92. The van der Waals surface area contributed by atoms with E-state index in [4.69, 9.17) is 9.84 Å². The van der Waals surface area contributed by atoms with Crippen molar-refractivity contribution in [3.8, 4) is 5.75 Å². The van der Waals surface area contributed by atoms with Crippen LogP contribution < -0.4 is 4.74 Å². The van der Waals surface area contributed by atoms with Crippen LogP contribution in [0, 0.1) is 0 Å². The maximum absolute atomic E-state index is 10.9. The molecule has 1 N–H and O–H groups in total. The number of pyridine rings is 1. The number of ether oxygens (including phenoxy) is 1. The molecule has 18 heavy (non-hydrogen) atoms. The van der Waals surface area contributed by atoms with E-state index < -0.39 is 5.97 Å². The Morgan fingerprint density at radius 3 is 2.83 bits per heavy atom. The number of carboxylic acids is 1. The molecule has 0 bridgehead atoms. The normalized spacial score (nSPS) is 10.3. The highest BCUT2D eigenvalue weighted by molar-refractivity contribution is 7.11. The molecular weight excluding hydrogens is 250 g/mol. The Hall–Kier alpha value is -1.88. The van der Waals surface area contributed by atoms with Gasteiger partial charge in [-0.15, -0.1) is 11.3 Å². The van der Waals surface area contributed by atoms with Crippen LogP contribution in [0.1, 0.15) is 27.2 Å². The van der Waals surface area contributed by atoms with Gasteiger partial charge in [0, 0.05) is 16.0 Å². The number of carbonyl (C=O) groups is 1. The van der Waals surface area contributed by atoms with Crippen molar-refractivity contribution in [1.29, 1.82) is 0 Å². The summed E-state index contributed by atoms with van der Waals surface area (Å²) in [4.78, 5) is 17.1. The molecule has 94 valence electrons. The molecule has 0 fully saturated rings. The average molecular weight is 263 g/mol. The van der Waals surface area contributed by atoms with Crippen LogP contribution in [0.3, 0.4) is 0 Å². The van der Waals surface area contributed by atoms with Gasteiger partial charge in [0.1, 0.15) is 6.61 Å². The summed E-state index contributed by atoms with van der Waals surface area (Å²) in [7, 11) is 0. The van der Waals surface area contributed by atoms with Gasteiger partial charge < -0.3 is 9.84 Å². The van der Waals surface area contributed by atoms with Gasteiger partial charge in [0.25, 0.3) is 0 Å². The number of aryl methyl sites for hydroxylation is 1. The predicted octanol–water partition coefficient (Wildman–Crippen LogP) is 2.98. The second-order valence-corrected chi connectivity index (χ2v) is 4.92. The van der Waals surface area contributed by atoms with E-state index in [0.717, 1.165) is 11.3 Å². The molecule has 2 aromatic heterocycles. The molecule has 0 aliphatic carbocycles. The van der Waals surface area contributed by atoms with Crippen molar-refractivity contribution in [2.75, 3.05) is 0 Å². The summed E-state index contributed by atoms with van der Waals surface area (Å²) in [6.07, 6.45) is 2.44. The molecule has 0 saturated carbocycles. The Bertz CT molecular complexity index is 551. The highest BCUT2D eigenvalue weighted by Crippen LogP contribution is 2.21. The minimum Gasteiger partial charge on any atom is -0.486 e. The second kappa shape index (κ2) is 5.64. The van der Waals surface area contributed by atoms with Crippen LogP contribution in [-0.2, 0) is 13.0 Å². The van der Waals surface area contributed by atoms with Crippen molar-refractivity contribution in [2.45, 2.75) is 20.0 Å². The van der Waals surface area contributed by atoms with Gasteiger partial charge in [0.2, 0.25) is 0 Å². The highest BCUT2D eigenvalue weighted by Gasteiger charge is 2.12. The molecular formula is C13H13NO3S. The maximum Gasteiger partial charge on any atom is 0.358 e. The fourth-order valence-electron chi connectivity index (χ4n) is 1.51. The minimum absolute atomic E-state index is 0.0511. The van der Waals surface area contributed by atoms with Crippen molar-refractivity contribution >= 4 is 17.3 Å². The number of hydrogen-bond acceptors (Lipinski definition) is 4. The third kappa shape index (κ3) is 2.87. The van der Waals surface area contributed by atoms with E-state index in [1.807, 2.05) is 6.07 Å². The zero-order chi connectivity index (χ0) is 13.0. The van der Waals surface area contributed by atoms with Crippen molar-refractivity contribution in [1.82, 2.24) is 4.98 Å². The molecule has 5 heteroatoms. The molecule has 2 aromatic rings. The van der Waals surface area contributed by atoms with Gasteiger partial charge in [-0.05, 0) is 30.7 Å². The van der Waals surface area contributed by atoms with Gasteiger partial charge in [-0.2, -0.15) is 0 Å². The van der Waals surface area contributed by atoms with Gasteiger partial charge in [-0.25, -0.2) is 9.78 Å². The molecule has 0 aromatic carbocycles. The topological polar surface area (TPSA) is 59.4 Å². The molecule has 0 saturated heterocycles. The largest absolute Gasteiger partial charge is 0.486 e. The molecule has 0 atom stereocenters. The van der Waals surface area contributed by atoms with Crippen LogP contribution in [0.15, 0.2) is 30.5 Å². The molecule has 2 rings (SSSR count). The standard InChI is InChI=1S/C13H13NO3S/c1-2-9-5-6-10(18-9)8-17-11-4-3-7-14-12(11)13(15)16/h3-7H,2,8H2,1H3,(H,15,16). The van der Waals surface area contributed by atoms with E-state index in [-0.39, 0.29) is 5.69 Å². The summed E-state index contributed by atoms with van der Waals surface area (Å²) in [5.41, 5.74) is -0.0511. The van der Waals surface area contributed by atoms with Crippen LogP contribution in [0.25, 0.3) is 0 Å². The first-order chi connectivity index (χ1) is 8.70. The van der Waals surface area contributed by atoms with Crippen molar-refractivity contribution in [3.63, 3.8) is 0 Å². The van der Waals surface area contributed by atoms with E-state index in [2.05, 4.69) is 18.0 Å². The Morgan fingerprint density at radius 1 is 1.39 bits per heavy atom. The number of thiophene rings is 1. The van der Waals surface area contributed by atoms with E-state index in [9.17, 15) is 4.79 Å². The first-order valence-electron chi connectivity index (χ1n) is 5.59. The van der Waals surface area contributed by atoms with Crippen LogP contribution in [0.5, 0.6) is 5.75 Å². The minimum atomic E-state index is -1.08. The maximum atomic E-state index is 10.9. The summed E-state index contributed by atoms with van der Waals surface area (Å²) in [6, 6.07) is 7.34. The molecule has 0 aliphatic rings. The monoisotopic (exact) mass is 263 g/mol. The Balaban J connectivity index is 2.08. The molecule has 0 unspecified atom stereocenters. The lowest BCUT2D eigenvalue weighted by molar-refractivity contribution is 0.0685. The molecule has 0 amide bonds. The third-order valence-corrected chi connectivity index (χ3v) is 3.61. The summed E-state index contributed by atoms with van der Waals surface area (Å²) in [6.45, 7) is 2.47. The Labute approximate surface area is 109 Å². The lowest BCUT2D eigenvalue weighted by Gasteiger charge is -2.06. The average Bonchev–Trinajstić information content (AvgIpc) is 2.84. The number of aromatic carboxylic acids is 1. The predicted molar refractivity (Wildman–Crippen MR) is 69.2 cm³/mol. The summed E-state index contributed by atoms with van der Waals surface area (Å²) in [5.74, 6) is -0.775. The van der Waals surface area contributed by atoms with Crippen LogP contribution in [0.2, 0.25) is 0 Å². The quantitative estimate of drug-likeness (QED) is 0.901. The van der Waals surface area contributed by atoms with Crippen LogP contribution >= 0.6 is 11.3 Å². The van der Waals surface area contributed by atoms with E-state index in [0.29, 0.717) is 12.4 Å². The molecule has 2 heterocycles. The lowest BCUT2D eigenvalue weighted by atomic mass is 10.3. The van der Waals surface area contributed by atoms with Gasteiger partial charge in [-0.3, -0.25) is 0 Å². The second-order valence-electron chi connectivity index (χ2n) is 3.67. The number of nitrogens with zero attached hydrogens (tertiary/aromatic N) is 1. The Kier molecular flexibility index (Phi) is 3.94. The van der Waals surface area contributed by atoms with Crippen molar-refractivity contribution in [2.24, 2.45) is 0 Å². The Morgan fingerprint density at radius 2 is 2.17 bits per heavy atom. The summed E-state index contributed by atoms with van der Waals surface area (Å²) >= 11 is 1.67. The zero-order valence-corrected chi connectivity index (χ0v) is 10.7. The fraction of sp³-hybridized carbons (Fsp3) is 0.231. The van der Waals surface area contributed by atoms with Gasteiger partial charge in [0.15, 0.2) is 11.4 Å². The highest BCUT2D eigenvalue weighted by atomic mass is 32.1. The molecule has 4 nitrogen and oxygen atoms in total. The first-order valence-corrected chi connectivity index (χ1v) is 6.41. The smallest absolute Gasteiger partial charge is 0.358 e. The molecule has 0 aliphatic heterocycles. The molecule has 0 spiro atoms. The van der Waals surface area contributed by atoms with Gasteiger partial charge in [0.05, 0.1) is 0 Å². The van der Waals surface area contributed by atoms with Crippen LogP contribution in [-0.4, -0.2) is 16.1 Å². The number of rotatable bonds is 5. The lowest BCUT2D eigenvalue weighted by Crippen LogP contribution is -2.04. The summed E-state index contributed by atoms with van der Waals surface area (Å²) in [5, 5.41) is 8.97. The van der Waals surface area contributed by atoms with E-state index in [1.54, 1.807) is 23.5 Å². The SMILES string of the molecule is CCc1ccc(COc2cccnc2C(=O)O)s1. The van der Waals surface area contributed by atoms with Gasteiger partial charge >= 0.3 is 5.97 Å². The fourth-order valence-corrected chi connectivity index (χ4v) is 2.38. The van der Waals surface area contributed by atoms with Crippen molar-refractivity contribution in [3.05, 3.63) is 45.9 Å².